The molecule has 1 aromatic heterocycles. The number of rotatable bonds is 3. The van der Waals surface area contributed by atoms with Gasteiger partial charge in [0, 0.05) is 54.6 Å². The molecular weight excluding hydrogens is 352 g/mol. The van der Waals surface area contributed by atoms with Crippen LogP contribution in [0.4, 0.5) is 11.6 Å². The highest BCUT2D eigenvalue weighted by atomic mass is 79.9. The molecule has 0 aliphatic carbocycles. The normalized spacial score (nSPS) is 15.3. The van der Waals surface area contributed by atoms with Crippen LogP contribution < -0.4 is 9.80 Å². The van der Waals surface area contributed by atoms with E-state index in [1.165, 1.54) is 5.69 Å². The Balaban J connectivity index is 1.67. The summed E-state index contributed by atoms with van der Waals surface area (Å²) in [7, 11) is 0. The lowest BCUT2D eigenvalue weighted by Crippen LogP contribution is -2.47. The van der Waals surface area contributed by atoms with E-state index >= 15 is 0 Å². The van der Waals surface area contributed by atoms with Crippen LogP contribution in [0.15, 0.2) is 41.1 Å². The number of hydrogen-bond donors (Lipinski definition) is 0. The standard InChI is InChI=1S/C15H16BrClN4/c16-14-10-13(3-2-12(14)11-17)20-6-8-21(9-7-20)15-18-4-1-5-19-15/h1-5,10H,6-9,11H2. The lowest BCUT2D eigenvalue weighted by molar-refractivity contribution is 0.640. The molecule has 6 heteroatoms. The van der Waals surface area contributed by atoms with E-state index in [-0.39, 0.29) is 0 Å². The van der Waals surface area contributed by atoms with E-state index in [9.17, 15) is 0 Å². The van der Waals surface area contributed by atoms with Crippen LogP contribution >= 0.6 is 27.5 Å². The minimum absolute atomic E-state index is 0.528. The predicted molar refractivity (Wildman–Crippen MR) is 90.2 cm³/mol. The molecule has 2 aromatic rings. The number of nitrogens with zero attached hydrogens (tertiary/aromatic N) is 4. The summed E-state index contributed by atoms with van der Waals surface area (Å²) in [5.74, 6) is 1.34. The zero-order valence-corrected chi connectivity index (χ0v) is 13.9. The fourth-order valence-corrected chi connectivity index (χ4v) is 3.36. The second-order valence-electron chi connectivity index (χ2n) is 4.93. The Hall–Kier alpha value is -1.33. The summed E-state index contributed by atoms with van der Waals surface area (Å²) >= 11 is 9.47. The van der Waals surface area contributed by atoms with Gasteiger partial charge in [-0.3, -0.25) is 0 Å². The summed E-state index contributed by atoms with van der Waals surface area (Å²) in [4.78, 5) is 13.2. The second-order valence-corrected chi connectivity index (χ2v) is 6.05. The molecule has 0 spiro atoms. The quantitative estimate of drug-likeness (QED) is 0.779. The van der Waals surface area contributed by atoms with Crippen LogP contribution in [0, 0.1) is 0 Å². The summed E-state index contributed by atoms with van der Waals surface area (Å²) in [5.41, 5.74) is 2.35. The van der Waals surface area contributed by atoms with Crippen molar-refractivity contribution in [3.8, 4) is 0 Å². The van der Waals surface area contributed by atoms with E-state index in [0.717, 1.165) is 42.2 Å². The van der Waals surface area contributed by atoms with Crippen molar-refractivity contribution in [3.63, 3.8) is 0 Å². The number of benzene rings is 1. The van der Waals surface area contributed by atoms with Crippen molar-refractivity contribution in [1.29, 1.82) is 0 Å². The van der Waals surface area contributed by atoms with Crippen LogP contribution in [0.1, 0.15) is 5.56 Å². The van der Waals surface area contributed by atoms with Gasteiger partial charge in [-0.1, -0.05) is 22.0 Å². The van der Waals surface area contributed by atoms with Crippen LogP contribution in [0.3, 0.4) is 0 Å². The Kier molecular flexibility index (Phi) is 4.60. The molecule has 110 valence electrons. The molecule has 3 rings (SSSR count). The molecule has 0 unspecified atom stereocenters. The fourth-order valence-electron chi connectivity index (χ4n) is 2.46. The first-order valence-corrected chi connectivity index (χ1v) is 8.22. The third-order valence-electron chi connectivity index (χ3n) is 3.66. The largest absolute Gasteiger partial charge is 0.368 e. The molecule has 0 amide bonds. The van der Waals surface area contributed by atoms with Crippen molar-refractivity contribution >= 4 is 39.2 Å². The molecule has 21 heavy (non-hydrogen) atoms. The molecule has 0 radical (unpaired) electrons. The maximum atomic E-state index is 5.89. The third-order valence-corrected chi connectivity index (χ3v) is 4.69. The summed E-state index contributed by atoms with van der Waals surface area (Å²) in [5, 5.41) is 0. The summed E-state index contributed by atoms with van der Waals surface area (Å²) < 4.78 is 1.07. The number of piperazine rings is 1. The minimum atomic E-state index is 0.528. The number of halogens is 2. The fraction of sp³-hybridized carbons (Fsp3) is 0.333. The first-order valence-electron chi connectivity index (χ1n) is 6.89. The van der Waals surface area contributed by atoms with Gasteiger partial charge in [0.05, 0.1) is 0 Å². The molecule has 1 aliphatic heterocycles. The predicted octanol–water partition coefficient (Wildman–Crippen LogP) is 3.30. The van der Waals surface area contributed by atoms with Crippen LogP contribution in [0.25, 0.3) is 0 Å². The topological polar surface area (TPSA) is 32.3 Å². The highest BCUT2D eigenvalue weighted by Gasteiger charge is 2.19. The van der Waals surface area contributed by atoms with Gasteiger partial charge in [-0.15, -0.1) is 11.6 Å². The van der Waals surface area contributed by atoms with Gasteiger partial charge in [0.2, 0.25) is 5.95 Å². The highest BCUT2D eigenvalue weighted by molar-refractivity contribution is 9.10. The zero-order valence-electron chi connectivity index (χ0n) is 11.5. The average Bonchev–Trinajstić information content (AvgIpc) is 2.56. The molecule has 1 aromatic carbocycles. The lowest BCUT2D eigenvalue weighted by Gasteiger charge is -2.36. The van der Waals surface area contributed by atoms with E-state index in [2.05, 4.69) is 53.9 Å². The Bertz CT molecular complexity index is 600. The summed E-state index contributed by atoms with van der Waals surface area (Å²) in [6, 6.07) is 8.21. The minimum Gasteiger partial charge on any atom is -0.368 e. The lowest BCUT2D eigenvalue weighted by atomic mass is 10.2. The van der Waals surface area contributed by atoms with Gasteiger partial charge in [0.15, 0.2) is 0 Å². The van der Waals surface area contributed by atoms with Crippen molar-refractivity contribution in [2.24, 2.45) is 0 Å². The van der Waals surface area contributed by atoms with Gasteiger partial charge in [-0.25, -0.2) is 9.97 Å². The van der Waals surface area contributed by atoms with Gasteiger partial charge < -0.3 is 9.80 Å². The zero-order chi connectivity index (χ0) is 14.7. The van der Waals surface area contributed by atoms with Crippen LogP contribution in [-0.4, -0.2) is 36.1 Å². The molecule has 1 aliphatic rings. The molecule has 0 N–H and O–H groups in total. The van der Waals surface area contributed by atoms with Gasteiger partial charge in [0.1, 0.15) is 0 Å². The van der Waals surface area contributed by atoms with E-state index in [0.29, 0.717) is 5.88 Å². The maximum Gasteiger partial charge on any atom is 0.225 e. The van der Waals surface area contributed by atoms with Gasteiger partial charge in [-0.05, 0) is 23.8 Å². The molecule has 0 saturated carbocycles. The molecular formula is C15H16BrClN4. The average molecular weight is 368 g/mol. The van der Waals surface area contributed by atoms with E-state index < -0.39 is 0 Å². The third kappa shape index (κ3) is 3.30. The molecule has 1 saturated heterocycles. The molecule has 2 heterocycles. The smallest absolute Gasteiger partial charge is 0.225 e. The Morgan fingerprint density at radius 3 is 2.33 bits per heavy atom. The summed E-state index contributed by atoms with van der Waals surface area (Å²) in [6.45, 7) is 3.79. The van der Waals surface area contributed by atoms with Gasteiger partial charge in [0.25, 0.3) is 0 Å². The van der Waals surface area contributed by atoms with Gasteiger partial charge in [-0.2, -0.15) is 0 Å². The van der Waals surface area contributed by atoms with Gasteiger partial charge >= 0.3 is 0 Å². The molecule has 0 atom stereocenters. The monoisotopic (exact) mass is 366 g/mol. The van der Waals surface area contributed by atoms with Crippen molar-refractivity contribution in [1.82, 2.24) is 9.97 Å². The van der Waals surface area contributed by atoms with Crippen LogP contribution in [-0.2, 0) is 5.88 Å². The van der Waals surface area contributed by atoms with E-state index in [4.69, 9.17) is 11.6 Å². The first-order chi connectivity index (χ1) is 10.3. The van der Waals surface area contributed by atoms with Crippen LogP contribution in [0.2, 0.25) is 0 Å². The number of anilines is 2. The number of alkyl halides is 1. The van der Waals surface area contributed by atoms with Crippen molar-refractivity contribution < 1.29 is 0 Å². The SMILES string of the molecule is ClCc1ccc(N2CCN(c3ncccn3)CC2)cc1Br. The Morgan fingerprint density at radius 1 is 1.05 bits per heavy atom. The second kappa shape index (κ2) is 6.62. The maximum absolute atomic E-state index is 5.89. The van der Waals surface area contributed by atoms with Crippen LogP contribution in [0.5, 0.6) is 0 Å². The van der Waals surface area contributed by atoms with E-state index in [1.807, 2.05) is 6.07 Å². The number of aromatic nitrogens is 2. The molecule has 1 fully saturated rings. The Labute approximate surface area is 137 Å². The highest BCUT2D eigenvalue weighted by Crippen LogP contribution is 2.26. The van der Waals surface area contributed by atoms with Crippen molar-refractivity contribution in [2.45, 2.75) is 5.88 Å². The Morgan fingerprint density at radius 2 is 1.71 bits per heavy atom. The first kappa shape index (κ1) is 14.6. The van der Waals surface area contributed by atoms with Crippen molar-refractivity contribution in [2.75, 3.05) is 36.0 Å². The molecule has 0 bridgehead atoms. The van der Waals surface area contributed by atoms with Crippen molar-refractivity contribution in [3.05, 3.63) is 46.7 Å². The molecule has 4 nitrogen and oxygen atoms in total. The van der Waals surface area contributed by atoms with E-state index in [1.54, 1.807) is 12.4 Å². The number of hydrogen-bond acceptors (Lipinski definition) is 4. The summed E-state index contributed by atoms with van der Waals surface area (Å²) in [6.07, 6.45) is 3.58.